The summed E-state index contributed by atoms with van der Waals surface area (Å²) in [5, 5.41) is 6.41. The van der Waals surface area contributed by atoms with Gasteiger partial charge in [-0.3, -0.25) is 9.78 Å². The summed E-state index contributed by atoms with van der Waals surface area (Å²) in [6, 6.07) is 20.7. The first-order valence-electron chi connectivity index (χ1n) is 9.87. The molecule has 0 aliphatic carbocycles. The lowest BCUT2D eigenvalue weighted by molar-refractivity contribution is 0.340. The van der Waals surface area contributed by atoms with Crippen LogP contribution in [0.2, 0.25) is 0 Å². The van der Waals surface area contributed by atoms with Crippen LogP contribution in [0.15, 0.2) is 76.6 Å². The lowest BCUT2D eigenvalue weighted by Gasteiger charge is -2.10. The van der Waals surface area contributed by atoms with Gasteiger partial charge < -0.3 is 9.47 Å². The number of hydrogen-bond donors (Lipinski definition) is 2. The van der Waals surface area contributed by atoms with Gasteiger partial charge >= 0.3 is 0 Å². The average Bonchev–Trinajstić information content (AvgIpc) is 2.80. The first kappa shape index (κ1) is 20.2. The van der Waals surface area contributed by atoms with Gasteiger partial charge in [-0.1, -0.05) is 30.3 Å². The Kier molecular flexibility index (Phi) is 5.93. The Morgan fingerprint density at radius 1 is 1.10 bits per heavy atom. The molecule has 0 amide bonds. The third kappa shape index (κ3) is 4.56. The smallest absolute Gasteiger partial charge is 0.252 e. The molecule has 156 valence electrons. The van der Waals surface area contributed by atoms with E-state index in [0.717, 1.165) is 33.4 Å². The maximum Gasteiger partial charge on any atom is 0.252 e. The predicted molar refractivity (Wildman–Crippen MR) is 123 cm³/mol. The van der Waals surface area contributed by atoms with Crippen molar-refractivity contribution in [1.82, 2.24) is 9.97 Å². The molecule has 0 atom stereocenters. The third-order valence-corrected chi connectivity index (χ3v) is 4.72. The van der Waals surface area contributed by atoms with Crippen molar-refractivity contribution in [1.29, 1.82) is 0 Å². The normalized spacial score (nSPS) is 11.0. The fourth-order valence-corrected chi connectivity index (χ4v) is 3.27. The molecule has 0 fully saturated rings. The molecule has 7 heteroatoms. The van der Waals surface area contributed by atoms with E-state index in [4.69, 9.17) is 9.47 Å². The Morgan fingerprint density at radius 3 is 2.68 bits per heavy atom. The number of aromatic nitrogens is 2. The van der Waals surface area contributed by atoms with Gasteiger partial charge in [-0.2, -0.15) is 5.10 Å². The molecule has 0 saturated carbocycles. The Hall–Kier alpha value is -4.13. The Bertz CT molecular complexity index is 1280. The van der Waals surface area contributed by atoms with E-state index in [9.17, 15) is 4.79 Å². The predicted octanol–water partition coefficient (Wildman–Crippen LogP) is 4.44. The number of rotatable bonds is 7. The molecule has 0 saturated heterocycles. The molecule has 0 radical (unpaired) electrons. The number of nitrogens with one attached hydrogen (secondary N) is 2. The van der Waals surface area contributed by atoms with Crippen molar-refractivity contribution in [2.45, 2.75) is 6.92 Å². The maximum absolute atomic E-state index is 12.1. The third-order valence-electron chi connectivity index (χ3n) is 4.72. The van der Waals surface area contributed by atoms with Crippen molar-refractivity contribution in [3.8, 4) is 22.8 Å². The van der Waals surface area contributed by atoms with Gasteiger partial charge in [-0.25, -0.2) is 10.4 Å². The van der Waals surface area contributed by atoms with E-state index in [1.54, 1.807) is 13.3 Å². The summed E-state index contributed by atoms with van der Waals surface area (Å²) >= 11 is 0. The van der Waals surface area contributed by atoms with Gasteiger partial charge in [0.2, 0.25) is 5.95 Å². The van der Waals surface area contributed by atoms with Crippen LogP contribution >= 0.6 is 0 Å². The highest BCUT2D eigenvalue weighted by atomic mass is 16.5. The number of H-pyrrole nitrogens is 1. The fraction of sp³-hybridized carbons (Fsp3) is 0.125. The fourth-order valence-electron chi connectivity index (χ4n) is 3.27. The zero-order chi connectivity index (χ0) is 21.6. The highest BCUT2D eigenvalue weighted by Crippen LogP contribution is 2.27. The molecule has 0 aliphatic heterocycles. The number of aromatic amines is 1. The molecule has 4 rings (SSSR count). The van der Waals surface area contributed by atoms with Crippen LogP contribution < -0.4 is 20.5 Å². The van der Waals surface area contributed by atoms with Crippen LogP contribution in [0.25, 0.3) is 22.0 Å². The van der Waals surface area contributed by atoms with E-state index in [2.05, 4.69) is 20.5 Å². The standard InChI is InChI=1S/C24H22N4O3/c1-3-31-22-13-10-16-6-4-5-7-19(16)20(22)15-25-28-24-26-21(14-23(29)27-24)17-8-11-18(30-2)12-9-17/h4-15H,3H2,1-2H3,(H2,26,27,28,29)/b25-15-. The highest BCUT2D eigenvalue weighted by molar-refractivity contribution is 6.02. The van der Waals surface area contributed by atoms with E-state index in [1.165, 1.54) is 6.07 Å². The van der Waals surface area contributed by atoms with Crippen LogP contribution in [0.4, 0.5) is 5.95 Å². The topological polar surface area (TPSA) is 88.6 Å². The number of ether oxygens (including phenoxy) is 2. The second kappa shape index (κ2) is 9.13. The van der Waals surface area contributed by atoms with Crippen molar-refractivity contribution in [2.24, 2.45) is 5.10 Å². The number of hydrogen-bond acceptors (Lipinski definition) is 6. The molecule has 0 aliphatic rings. The summed E-state index contributed by atoms with van der Waals surface area (Å²) < 4.78 is 10.9. The molecule has 0 spiro atoms. The van der Waals surface area contributed by atoms with Crippen LogP contribution in [0.1, 0.15) is 12.5 Å². The van der Waals surface area contributed by atoms with Gasteiger partial charge in [-0.05, 0) is 48.0 Å². The minimum atomic E-state index is -0.279. The van der Waals surface area contributed by atoms with Gasteiger partial charge in [0.05, 0.1) is 25.6 Å². The molecule has 0 bridgehead atoms. The average molecular weight is 414 g/mol. The number of benzene rings is 3. The molecule has 31 heavy (non-hydrogen) atoms. The van der Waals surface area contributed by atoms with Crippen LogP contribution in [0.5, 0.6) is 11.5 Å². The number of fused-ring (bicyclic) bond motifs is 1. The molecular formula is C24H22N4O3. The second-order valence-electron chi connectivity index (χ2n) is 6.71. The number of methoxy groups -OCH3 is 1. The highest BCUT2D eigenvalue weighted by Gasteiger charge is 2.07. The summed E-state index contributed by atoms with van der Waals surface area (Å²) in [6.07, 6.45) is 1.67. The van der Waals surface area contributed by atoms with Gasteiger partial charge in [0.1, 0.15) is 11.5 Å². The number of anilines is 1. The van der Waals surface area contributed by atoms with Crippen LogP contribution in [0, 0.1) is 0 Å². The van der Waals surface area contributed by atoms with Crippen molar-refractivity contribution >= 4 is 22.9 Å². The Labute approximate surface area is 179 Å². The van der Waals surface area contributed by atoms with Crippen LogP contribution in [-0.2, 0) is 0 Å². The van der Waals surface area contributed by atoms with Gasteiger partial charge in [0, 0.05) is 17.2 Å². The number of nitrogens with zero attached hydrogens (tertiary/aromatic N) is 2. The Balaban J connectivity index is 1.63. The summed E-state index contributed by atoms with van der Waals surface area (Å²) in [5.74, 6) is 1.71. The molecule has 7 nitrogen and oxygen atoms in total. The number of hydrazone groups is 1. The molecule has 1 aromatic heterocycles. The molecule has 4 aromatic rings. The molecule has 2 N–H and O–H groups in total. The zero-order valence-corrected chi connectivity index (χ0v) is 17.3. The summed E-state index contributed by atoms with van der Waals surface area (Å²) in [6.45, 7) is 2.49. The molecule has 1 heterocycles. The zero-order valence-electron chi connectivity index (χ0n) is 17.3. The lowest BCUT2D eigenvalue weighted by atomic mass is 10.0. The first-order chi connectivity index (χ1) is 15.2. The minimum Gasteiger partial charge on any atom is -0.497 e. The van der Waals surface area contributed by atoms with Crippen molar-refractivity contribution in [3.05, 3.63) is 82.6 Å². The van der Waals surface area contributed by atoms with Gasteiger partial charge in [0.15, 0.2) is 0 Å². The van der Waals surface area contributed by atoms with Crippen molar-refractivity contribution < 1.29 is 9.47 Å². The molecule has 3 aromatic carbocycles. The minimum absolute atomic E-state index is 0.243. The summed E-state index contributed by atoms with van der Waals surface area (Å²) in [4.78, 5) is 19.2. The van der Waals surface area contributed by atoms with E-state index in [0.29, 0.717) is 12.3 Å². The molecule has 0 unspecified atom stereocenters. The lowest BCUT2D eigenvalue weighted by Crippen LogP contribution is -2.10. The van der Waals surface area contributed by atoms with Crippen LogP contribution in [-0.4, -0.2) is 29.9 Å². The SMILES string of the molecule is CCOc1ccc2ccccc2c1/C=N\Nc1nc(-c2ccc(OC)cc2)cc(=O)[nH]1. The van der Waals surface area contributed by atoms with E-state index >= 15 is 0 Å². The Morgan fingerprint density at radius 2 is 1.90 bits per heavy atom. The largest absolute Gasteiger partial charge is 0.497 e. The van der Waals surface area contributed by atoms with Gasteiger partial charge in [-0.15, -0.1) is 0 Å². The monoisotopic (exact) mass is 414 g/mol. The first-order valence-corrected chi connectivity index (χ1v) is 9.87. The maximum atomic E-state index is 12.1. The summed E-state index contributed by atoms with van der Waals surface area (Å²) in [7, 11) is 1.60. The van der Waals surface area contributed by atoms with Crippen molar-refractivity contribution in [2.75, 3.05) is 19.1 Å². The van der Waals surface area contributed by atoms with E-state index < -0.39 is 0 Å². The van der Waals surface area contributed by atoms with Crippen LogP contribution in [0.3, 0.4) is 0 Å². The molecular weight excluding hydrogens is 392 g/mol. The quantitative estimate of drug-likeness (QED) is 0.345. The second-order valence-corrected chi connectivity index (χ2v) is 6.71. The van der Waals surface area contributed by atoms with Crippen molar-refractivity contribution in [3.63, 3.8) is 0 Å². The van der Waals surface area contributed by atoms with E-state index in [-0.39, 0.29) is 11.5 Å². The van der Waals surface area contributed by atoms with E-state index in [1.807, 2.05) is 67.6 Å². The van der Waals surface area contributed by atoms with Gasteiger partial charge in [0.25, 0.3) is 5.56 Å². The summed E-state index contributed by atoms with van der Waals surface area (Å²) in [5.41, 5.74) is 4.72.